The van der Waals surface area contributed by atoms with E-state index >= 15 is 0 Å². The summed E-state index contributed by atoms with van der Waals surface area (Å²) in [6.45, 7) is 1.06. The Balaban J connectivity index is 2.66. The smallest absolute Gasteiger partial charge is 0.305 e. The number of rotatable bonds is 8. The predicted molar refractivity (Wildman–Crippen MR) is 77.5 cm³/mol. The van der Waals surface area contributed by atoms with Crippen molar-refractivity contribution < 1.29 is 19.0 Å². The summed E-state index contributed by atoms with van der Waals surface area (Å²) in [4.78, 5) is 11.0. The molecule has 6 heteroatoms. The highest BCUT2D eigenvalue weighted by atomic mass is 35.5. The van der Waals surface area contributed by atoms with Crippen LogP contribution in [0.25, 0.3) is 0 Å². The first-order chi connectivity index (χ1) is 9.62. The highest BCUT2D eigenvalue weighted by Gasteiger charge is 2.12. The topological polar surface area (TPSA) is 56.8 Å². The third-order valence-corrected chi connectivity index (χ3v) is 2.95. The molecule has 0 atom stereocenters. The lowest BCUT2D eigenvalue weighted by Crippen LogP contribution is -2.07. The monoisotopic (exact) mass is 301 g/mol. The highest BCUT2D eigenvalue weighted by Crippen LogP contribution is 2.36. The van der Waals surface area contributed by atoms with Gasteiger partial charge in [0.2, 0.25) is 0 Å². The Morgan fingerprint density at radius 2 is 2.10 bits per heavy atom. The normalized spacial score (nSPS) is 10.2. The van der Waals surface area contributed by atoms with Crippen LogP contribution in [0.15, 0.2) is 12.1 Å². The van der Waals surface area contributed by atoms with Crippen LogP contribution in [-0.2, 0) is 16.1 Å². The van der Waals surface area contributed by atoms with Crippen molar-refractivity contribution in [3.8, 4) is 11.5 Å². The molecule has 0 aliphatic heterocycles. The number of nitrogens with one attached hydrogen (secondary N) is 1. The lowest BCUT2D eigenvalue weighted by molar-refractivity contribution is -0.140. The molecule has 0 heterocycles. The van der Waals surface area contributed by atoms with Gasteiger partial charge >= 0.3 is 5.97 Å². The number of methoxy groups -OCH3 is 2. The molecule has 0 radical (unpaired) electrons. The van der Waals surface area contributed by atoms with Crippen molar-refractivity contribution in [1.29, 1.82) is 0 Å². The molecule has 0 saturated carbocycles. The van der Waals surface area contributed by atoms with Crippen molar-refractivity contribution in [2.45, 2.75) is 19.4 Å². The first kappa shape index (κ1) is 16.6. The average Bonchev–Trinajstić information content (AvgIpc) is 2.44. The average molecular weight is 302 g/mol. The number of esters is 1. The number of carbonyl (C=O) groups is 1. The van der Waals surface area contributed by atoms with Crippen LogP contribution in [0.1, 0.15) is 18.4 Å². The molecular weight excluding hydrogens is 282 g/mol. The van der Waals surface area contributed by atoms with Gasteiger partial charge in [0.1, 0.15) is 0 Å². The summed E-state index contributed by atoms with van der Waals surface area (Å²) in [5, 5.41) is 3.54. The van der Waals surface area contributed by atoms with Crippen LogP contribution in [0.2, 0.25) is 5.02 Å². The maximum atomic E-state index is 11.0. The van der Waals surface area contributed by atoms with Crippen molar-refractivity contribution in [1.82, 2.24) is 5.32 Å². The minimum Gasteiger partial charge on any atom is -0.493 e. The molecule has 0 amide bonds. The van der Waals surface area contributed by atoms with Crippen LogP contribution in [0.4, 0.5) is 0 Å². The maximum Gasteiger partial charge on any atom is 0.305 e. The van der Waals surface area contributed by atoms with Crippen molar-refractivity contribution in [3.63, 3.8) is 0 Å². The summed E-state index contributed by atoms with van der Waals surface area (Å²) in [6, 6.07) is 3.70. The van der Waals surface area contributed by atoms with Gasteiger partial charge < -0.3 is 19.5 Å². The Hall–Kier alpha value is -1.46. The molecule has 0 aliphatic carbocycles. The van der Waals surface area contributed by atoms with E-state index in [1.54, 1.807) is 7.11 Å². The summed E-state index contributed by atoms with van der Waals surface area (Å²) >= 11 is 6.19. The molecule has 1 rings (SSSR count). The molecule has 5 nitrogen and oxygen atoms in total. The van der Waals surface area contributed by atoms with E-state index in [4.69, 9.17) is 21.1 Å². The maximum absolute atomic E-state index is 11.0. The Kier molecular flexibility index (Phi) is 7.18. The van der Waals surface area contributed by atoms with Gasteiger partial charge in [-0.25, -0.2) is 0 Å². The largest absolute Gasteiger partial charge is 0.493 e. The molecule has 0 spiro atoms. The van der Waals surface area contributed by atoms with Crippen LogP contribution in [0, 0.1) is 0 Å². The molecule has 112 valence electrons. The van der Waals surface area contributed by atoms with Crippen molar-refractivity contribution in [2.75, 3.05) is 27.9 Å². The fourth-order valence-corrected chi connectivity index (χ4v) is 2.00. The Morgan fingerprint density at radius 1 is 1.35 bits per heavy atom. The molecule has 1 aromatic carbocycles. The van der Waals surface area contributed by atoms with E-state index in [-0.39, 0.29) is 5.97 Å². The zero-order valence-corrected chi connectivity index (χ0v) is 12.8. The lowest BCUT2D eigenvalue weighted by atomic mass is 10.2. The third-order valence-electron chi connectivity index (χ3n) is 2.67. The van der Waals surface area contributed by atoms with E-state index < -0.39 is 0 Å². The molecular formula is C14H20ClNO4. The summed E-state index contributed by atoms with van der Waals surface area (Å²) < 4.78 is 15.4. The minimum absolute atomic E-state index is 0.254. The second-order valence-electron chi connectivity index (χ2n) is 4.17. The molecule has 20 heavy (non-hydrogen) atoms. The van der Waals surface area contributed by atoms with Gasteiger partial charge in [-0.1, -0.05) is 11.6 Å². The molecule has 0 aromatic heterocycles. The first-order valence-electron chi connectivity index (χ1n) is 6.33. The Labute approximate surface area is 124 Å². The standard InChI is InChI=1S/C14H20ClNO4/c1-16-9-10-7-11(15)14(12(8-10)18-2)20-6-4-5-13(17)19-3/h7-8,16H,4-6,9H2,1-3H3. The number of ether oxygens (including phenoxy) is 3. The summed E-state index contributed by atoms with van der Waals surface area (Å²) in [5.74, 6) is 0.829. The zero-order chi connectivity index (χ0) is 15.0. The molecule has 0 fully saturated rings. The van der Waals surface area contributed by atoms with Crippen LogP contribution in [0.3, 0.4) is 0 Å². The van der Waals surface area contributed by atoms with E-state index in [0.717, 1.165) is 5.56 Å². The number of carbonyl (C=O) groups excluding carboxylic acids is 1. The molecule has 1 aromatic rings. The Bertz CT molecular complexity index is 451. The number of halogens is 1. The molecule has 0 saturated heterocycles. The molecule has 0 bridgehead atoms. The van der Waals surface area contributed by atoms with Gasteiger partial charge in [-0.15, -0.1) is 0 Å². The van der Waals surface area contributed by atoms with Crippen LogP contribution in [-0.4, -0.2) is 33.8 Å². The highest BCUT2D eigenvalue weighted by molar-refractivity contribution is 6.32. The first-order valence-corrected chi connectivity index (χ1v) is 6.70. The molecule has 0 aliphatic rings. The van der Waals surface area contributed by atoms with E-state index in [1.165, 1.54) is 7.11 Å². The summed E-state index contributed by atoms with van der Waals surface area (Å²) in [6.07, 6.45) is 0.874. The van der Waals surface area contributed by atoms with Gasteiger partial charge in [-0.2, -0.15) is 0 Å². The quantitative estimate of drug-likeness (QED) is 0.590. The lowest BCUT2D eigenvalue weighted by Gasteiger charge is -2.14. The molecule has 1 N–H and O–H groups in total. The fraction of sp³-hybridized carbons (Fsp3) is 0.500. The van der Waals surface area contributed by atoms with Gasteiger partial charge in [0, 0.05) is 13.0 Å². The third kappa shape index (κ3) is 4.90. The Morgan fingerprint density at radius 3 is 2.70 bits per heavy atom. The van der Waals surface area contributed by atoms with Crippen LogP contribution >= 0.6 is 11.6 Å². The van der Waals surface area contributed by atoms with Gasteiger partial charge in [-0.3, -0.25) is 4.79 Å². The second kappa shape index (κ2) is 8.66. The predicted octanol–water partition coefficient (Wildman–Crippen LogP) is 2.40. The van der Waals surface area contributed by atoms with Gasteiger partial charge in [0.05, 0.1) is 25.8 Å². The van der Waals surface area contributed by atoms with E-state index in [9.17, 15) is 4.79 Å². The second-order valence-corrected chi connectivity index (χ2v) is 4.57. The van der Waals surface area contributed by atoms with Crippen molar-refractivity contribution in [3.05, 3.63) is 22.7 Å². The number of hydrogen-bond donors (Lipinski definition) is 1. The van der Waals surface area contributed by atoms with E-state index in [1.807, 2.05) is 19.2 Å². The van der Waals surface area contributed by atoms with Crippen LogP contribution < -0.4 is 14.8 Å². The van der Waals surface area contributed by atoms with Gasteiger partial charge in [-0.05, 0) is 31.2 Å². The van der Waals surface area contributed by atoms with E-state index in [0.29, 0.717) is 42.5 Å². The van der Waals surface area contributed by atoms with Gasteiger partial charge in [0.25, 0.3) is 0 Å². The van der Waals surface area contributed by atoms with E-state index in [2.05, 4.69) is 10.1 Å². The van der Waals surface area contributed by atoms with Crippen molar-refractivity contribution in [2.24, 2.45) is 0 Å². The SMILES string of the molecule is CNCc1cc(Cl)c(OCCCC(=O)OC)c(OC)c1. The summed E-state index contributed by atoms with van der Waals surface area (Å²) in [7, 11) is 4.79. The number of hydrogen-bond acceptors (Lipinski definition) is 5. The minimum atomic E-state index is -0.254. The van der Waals surface area contributed by atoms with Crippen LogP contribution in [0.5, 0.6) is 11.5 Å². The number of benzene rings is 1. The zero-order valence-electron chi connectivity index (χ0n) is 12.0. The van der Waals surface area contributed by atoms with Gasteiger partial charge in [0.15, 0.2) is 11.5 Å². The fourth-order valence-electron chi connectivity index (χ4n) is 1.71. The molecule has 0 unspecified atom stereocenters. The van der Waals surface area contributed by atoms with Crippen molar-refractivity contribution >= 4 is 17.6 Å². The summed E-state index contributed by atoms with van der Waals surface area (Å²) in [5.41, 5.74) is 1.01.